The summed E-state index contributed by atoms with van der Waals surface area (Å²) in [4.78, 5) is 39.1. The molecule has 2 aromatic carbocycles. The van der Waals surface area contributed by atoms with Crippen LogP contribution < -0.4 is 21.3 Å². The summed E-state index contributed by atoms with van der Waals surface area (Å²) in [6, 6.07) is 13.4. The van der Waals surface area contributed by atoms with E-state index in [1.54, 1.807) is 12.1 Å². The van der Waals surface area contributed by atoms with E-state index in [9.17, 15) is 14.4 Å². The first-order valence-corrected chi connectivity index (χ1v) is 13.2. The van der Waals surface area contributed by atoms with E-state index >= 15 is 0 Å². The van der Waals surface area contributed by atoms with Gasteiger partial charge in [-0.15, -0.1) is 0 Å². The highest BCUT2D eigenvalue weighted by Gasteiger charge is 2.24. The van der Waals surface area contributed by atoms with E-state index in [1.807, 2.05) is 29.2 Å². The second kappa shape index (κ2) is 13.1. The molecule has 2 saturated heterocycles. The van der Waals surface area contributed by atoms with Gasteiger partial charge >= 0.3 is 0 Å². The Morgan fingerprint density at radius 1 is 1.00 bits per heavy atom. The largest absolute Gasteiger partial charge is 0.383 e. The van der Waals surface area contributed by atoms with E-state index in [1.165, 1.54) is 5.56 Å². The summed E-state index contributed by atoms with van der Waals surface area (Å²) in [5.74, 6) is -0.227. The summed E-state index contributed by atoms with van der Waals surface area (Å²) < 4.78 is 5.53. The van der Waals surface area contributed by atoms with Gasteiger partial charge in [0.05, 0.1) is 11.4 Å². The zero-order chi connectivity index (χ0) is 26.0. The Bertz CT molecular complexity index is 1100. The van der Waals surface area contributed by atoms with Gasteiger partial charge in [-0.25, -0.2) is 0 Å². The lowest BCUT2D eigenvalue weighted by Gasteiger charge is -2.18. The van der Waals surface area contributed by atoms with Gasteiger partial charge in [0.15, 0.2) is 0 Å². The van der Waals surface area contributed by atoms with Gasteiger partial charge in [0.2, 0.25) is 5.91 Å². The molecule has 198 valence electrons. The molecule has 0 saturated carbocycles. The van der Waals surface area contributed by atoms with Crippen LogP contribution in [0.3, 0.4) is 0 Å². The van der Waals surface area contributed by atoms with Gasteiger partial charge < -0.3 is 30.9 Å². The van der Waals surface area contributed by atoms with Crippen LogP contribution in [-0.4, -0.2) is 68.1 Å². The molecule has 2 aromatic rings. The van der Waals surface area contributed by atoms with Gasteiger partial charge in [-0.3, -0.25) is 14.4 Å². The number of anilines is 3. The minimum absolute atomic E-state index is 0.190. The summed E-state index contributed by atoms with van der Waals surface area (Å²) in [6.45, 7) is 5.88. The van der Waals surface area contributed by atoms with E-state index in [2.05, 4.69) is 34.3 Å². The molecule has 2 aliphatic heterocycles. The van der Waals surface area contributed by atoms with Crippen molar-refractivity contribution in [2.75, 3.05) is 55.3 Å². The van der Waals surface area contributed by atoms with Crippen molar-refractivity contribution in [1.29, 1.82) is 0 Å². The molecule has 9 heteroatoms. The van der Waals surface area contributed by atoms with Crippen molar-refractivity contribution in [3.63, 3.8) is 0 Å². The van der Waals surface area contributed by atoms with Crippen LogP contribution in [0, 0.1) is 6.92 Å². The van der Waals surface area contributed by atoms with Crippen molar-refractivity contribution >= 4 is 34.8 Å². The molecule has 3 amide bonds. The molecule has 1 atom stereocenters. The van der Waals surface area contributed by atoms with Gasteiger partial charge in [-0.05, 0) is 62.4 Å². The monoisotopic (exact) mass is 507 g/mol. The number of nitrogens with one attached hydrogen (secondary N) is 4. The molecule has 0 bridgehead atoms. The molecule has 9 nitrogen and oxygen atoms in total. The molecule has 2 fully saturated rings. The second-order valence-electron chi connectivity index (χ2n) is 9.51. The Balaban J connectivity index is 1.34. The highest BCUT2D eigenvalue weighted by Crippen LogP contribution is 2.25. The zero-order valence-corrected chi connectivity index (χ0v) is 21.5. The Labute approximate surface area is 218 Å². The number of amides is 3. The first-order chi connectivity index (χ1) is 18.0. The summed E-state index contributed by atoms with van der Waals surface area (Å²) in [6.07, 6.45) is 3.31. The van der Waals surface area contributed by atoms with Crippen LogP contribution in [0.5, 0.6) is 0 Å². The van der Waals surface area contributed by atoms with Gasteiger partial charge in [0, 0.05) is 57.0 Å². The highest BCUT2D eigenvalue weighted by atomic mass is 16.5. The van der Waals surface area contributed by atoms with Crippen LogP contribution in [0.15, 0.2) is 42.5 Å². The Kier molecular flexibility index (Phi) is 9.37. The van der Waals surface area contributed by atoms with Crippen LogP contribution in [-0.2, 0) is 14.3 Å². The molecule has 0 spiro atoms. The van der Waals surface area contributed by atoms with Crippen molar-refractivity contribution < 1.29 is 19.1 Å². The van der Waals surface area contributed by atoms with Crippen LogP contribution >= 0.6 is 0 Å². The van der Waals surface area contributed by atoms with E-state index < -0.39 is 6.10 Å². The number of ether oxygens (including phenoxy) is 1. The molecular formula is C28H37N5O4. The SMILES string of the molecule is Cc1ccccc1NCCNc1ccc(C(=O)NCCCN2CCCC2=O)cc1NC(=O)C1CCCO1. The average molecular weight is 508 g/mol. The number of aryl methyl sites for hydroxylation is 1. The van der Waals surface area contributed by atoms with E-state index in [4.69, 9.17) is 4.74 Å². The quantitative estimate of drug-likeness (QED) is 0.328. The fourth-order valence-electron chi connectivity index (χ4n) is 4.62. The lowest BCUT2D eigenvalue weighted by molar-refractivity contribution is -0.127. The van der Waals surface area contributed by atoms with Gasteiger partial charge in [0.25, 0.3) is 11.8 Å². The summed E-state index contributed by atoms with van der Waals surface area (Å²) in [7, 11) is 0. The maximum absolute atomic E-state index is 12.8. The molecule has 4 N–H and O–H groups in total. The molecular weight excluding hydrogens is 470 g/mol. The fourth-order valence-corrected chi connectivity index (χ4v) is 4.62. The summed E-state index contributed by atoms with van der Waals surface area (Å²) in [5.41, 5.74) is 4.00. The molecule has 2 heterocycles. The molecule has 0 radical (unpaired) electrons. The first kappa shape index (κ1) is 26.5. The van der Waals surface area contributed by atoms with E-state index in [0.29, 0.717) is 63.3 Å². The standard InChI is InChI=1S/C28H37N5O4/c1-20-7-2-3-8-22(20)29-14-15-30-23-12-11-21(19-24(23)32-28(36)25-9-5-18-37-25)27(35)31-13-6-17-33-16-4-10-26(33)34/h2-3,7-8,11-12,19,25,29-30H,4-6,9-10,13-18H2,1H3,(H,31,35)(H,32,36). The van der Waals surface area contributed by atoms with Crippen molar-refractivity contribution in [3.8, 4) is 0 Å². The molecule has 1 unspecified atom stereocenters. The van der Waals surface area contributed by atoms with Gasteiger partial charge in [-0.1, -0.05) is 18.2 Å². The molecule has 37 heavy (non-hydrogen) atoms. The van der Waals surface area contributed by atoms with Crippen molar-refractivity contribution in [1.82, 2.24) is 10.2 Å². The summed E-state index contributed by atoms with van der Waals surface area (Å²) in [5, 5.41) is 12.7. The van der Waals surface area contributed by atoms with Crippen molar-refractivity contribution in [2.45, 2.75) is 45.1 Å². The zero-order valence-electron chi connectivity index (χ0n) is 21.5. The number of nitrogens with zero attached hydrogens (tertiary/aromatic N) is 1. The van der Waals surface area contributed by atoms with Crippen LogP contribution in [0.2, 0.25) is 0 Å². The maximum atomic E-state index is 12.8. The topological polar surface area (TPSA) is 112 Å². The number of carbonyl (C=O) groups excluding carboxylic acids is 3. The third-order valence-corrected chi connectivity index (χ3v) is 6.72. The minimum atomic E-state index is -0.471. The number of hydrogen-bond donors (Lipinski definition) is 4. The van der Waals surface area contributed by atoms with Crippen molar-refractivity contribution in [2.24, 2.45) is 0 Å². The van der Waals surface area contributed by atoms with Gasteiger partial charge in [0.1, 0.15) is 6.10 Å². The lowest BCUT2D eigenvalue weighted by Crippen LogP contribution is -2.31. The predicted octanol–water partition coefficient (Wildman–Crippen LogP) is 3.38. The first-order valence-electron chi connectivity index (χ1n) is 13.2. The van der Waals surface area contributed by atoms with E-state index in [0.717, 1.165) is 30.8 Å². The molecule has 2 aliphatic rings. The van der Waals surface area contributed by atoms with Crippen LogP contribution in [0.25, 0.3) is 0 Å². The van der Waals surface area contributed by atoms with Crippen molar-refractivity contribution in [3.05, 3.63) is 53.6 Å². The number of rotatable bonds is 12. The predicted molar refractivity (Wildman–Crippen MR) is 145 cm³/mol. The van der Waals surface area contributed by atoms with Gasteiger partial charge in [-0.2, -0.15) is 0 Å². The number of carbonyl (C=O) groups is 3. The Hall–Kier alpha value is -3.59. The number of benzene rings is 2. The van der Waals surface area contributed by atoms with E-state index in [-0.39, 0.29) is 17.7 Å². The number of likely N-dealkylation sites (tertiary alicyclic amines) is 1. The number of hydrogen-bond acceptors (Lipinski definition) is 6. The highest BCUT2D eigenvalue weighted by molar-refractivity contribution is 6.01. The molecule has 0 aromatic heterocycles. The lowest BCUT2D eigenvalue weighted by atomic mass is 10.1. The smallest absolute Gasteiger partial charge is 0.253 e. The fraction of sp³-hybridized carbons (Fsp3) is 0.464. The Morgan fingerprint density at radius 3 is 2.54 bits per heavy atom. The normalized spacial score (nSPS) is 17.1. The molecule has 4 rings (SSSR count). The minimum Gasteiger partial charge on any atom is -0.383 e. The Morgan fingerprint density at radius 2 is 1.81 bits per heavy atom. The summed E-state index contributed by atoms with van der Waals surface area (Å²) >= 11 is 0. The maximum Gasteiger partial charge on any atom is 0.253 e. The van der Waals surface area contributed by atoms with Crippen LogP contribution in [0.1, 0.15) is 48.0 Å². The number of para-hydroxylation sites is 1. The third kappa shape index (κ3) is 7.45. The van der Waals surface area contributed by atoms with Crippen LogP contribution in [0.4, 0.5) is 17.1 Å². The third-order valence-electron chi connectivity index (χ3n) is 6.72. The average Bonchev–Trinajstić information content (AvgIpc) is 3.58. The molecule has 0 aliphatic carbocycles. The second-order valence-corrected chi connectivity index (χ2v) is 9.51.